The largest absolute Gasteiger partial charge is 0.492 e. The predicted molar refractivity (Wildman–Crippen MR) is 161 cm³/mol. The van der Waals surface area contributed by atoms with Crippen LogP contribution in [0.25, 0.3) is 0 Å². The van der Waals surface area contributed by atoms with Crippen molar-refractivity contribution in [2.24, 2.45) is 0 Å². The highest BCUT2D eigenvalue weighted by molar-refractivity contribution is 7.92. The van der Waals surface area contributed by atoms with E-state index in [1.165, 1.54) is 38.8 Å². The fraction of sp³-hybridized carbons (Fsp3) is 0.414. The van der Waals surface area contributed by atoms with Crippen molar-refractivity contribution in [3.8, 4) is 17.4 Å². The van der Waals surface area contributed by atoms with Gasteiger partial charge in [0.05, 0.1) is 35.5 Å². The average Bonchev–Trinajstić information content (AvgIpc) is 2.89. The van der Waals surface area contributed by atoms with Crippen LogP contribution in [0.15, 0.2) is 42.7 Å². The molecule has 3 aromatic rings. The second-order valence-electron chi connectivity index (χ2n) is 11.1. The van der Waals surface area contributed by atoms with Gasteiger partial charge in [-0.25, -0.2) is 18.4 Å². The standard InChI is InChI=1S/C29H36ClN5O5S/c1-29(2,3)20-14-23(27(39-4)24(15-20)34-41(5,37)38)33-28(36)19-9-10-22(30)25(13-19)40-26-16-21(31-18-32-26)17-35-11-7-6-8-12-35/h9-10,13-16,18,34H,6-8,11-12,17H2,1-5H3,(H,33,36). The highest BCUT2D eigenvalue weighted by Crippen LogP contribution is 2.39. The number of rotatable bonds is 9. The fourth-order valence-electron chi connectivity index (χ4n) is 4.55. The van der Waals surface area contributed by atoms with Crippen LogP contribution >= 0.6 is 11.6 Å². The Balaban J connectivity index is 1.58. The van der Waals surface area contributed by atoms with Gasteiger partial charge in [0.25, 0.3) is 5.91 Å². The van der Waals surface area contributed by atoms with Crippen LogP contribution in [0.4, 0.5) is 11.4 Å². The van der Waals surface area contributed by atoms with E-state index in [-0.39, 0.29) is 28.2 Å². The van der Waals surface area contributed by atoms with E-state index < -0.39 is 15.9 Å². The summed E-state index contributed by atoms with van der Waals surface area (Å²) >= 11 is 6.41. The number of piperidine rings is 1. The lowest BCUT2D eigenvalue weighted by atomic mass is 9.86. The van der Waals surface area contributed by atoms with Gasteiger partial charge in [0.1, 0.15) is 12.1 Å². The highest BCUT2D eigenvalue weighted by Gasteiger charge is 2.23. The Morgan fingerprint density at radius 2 is 1.76 bits per heavy atom. The van der Waals surface area contributed by atoms with Gasteiger partial charge >= 0.3 is 0 Å². The van der Waals surface area contributed by atoms with Crippen molar-refractivity contribution in [3.63, 3.8) is 0 Å². The normalized spacial score (nSPS) is 14.4. The van der Waals surface area contributed by atoms with Crippen LogP contribution in [0.2, 0.25) is 5.02 Å². The molecule has 1 amide bonds. The third kappa shape index (κ3) is 8.31. The molecular weight excluding hydrogens is 566 g/mol. The van der Waals surface area contributed by atoms with E-state index in [0.29, 0.717) is 23.1 Å². The first-order valence-corrected chi connectivity index (χ1v) is 15.6. The van der Waals surface area contributed by atoms with Crippen molar-refractivity contribution < 1.29 is 22.7 Å². The number of methoxy groups -OCH3 is 1. The van der Waals surface area contributed by atoms with Crippen LogP contribution in [0.3, 0.4) is 0 Å². The molecule has 0 aliphatic carbocycles. The first kappa shape index (κ1) is 30.5. The van der Waals surface area contributed by atoms with Gasteiger partial charge < -0.3 is 14.8 Å². The molecule has 2 heterocycles. The number of nitrogens with one attached hydrogen (secondary N) is 2. The Kier molecular flexibility index (Phi) is 9.41. The number of halogens is 1. The van der Waals surface area contributed by atoms with Gasteiger partial charge in [0, 0.05) is 18.2 Å². The molecule has 0 bridgehead atoms. The molecule has 10 nitrogen and oxygen atoms in total. The minimum Gasteiger partial charge on any atom is -0.492 e. The Morgan fingerprint density at radius 1 is 1.05 bits per heavy atom. The van der Waals surface area contributed by atoms with Crippen molar-refractivity contribution in [2.75, 3.05) is 36.5 Å². The highest BCUT2D eigenvalue weighted by atomic mass is 35.5. The number of anilines is 2. The van der Waals surface area contributed by atoms with E-state index in [1.54, 1.807) is 30.3 Å². The smallest absolute Gasteiger partial charge is 0.255 e. The molecule has 1 aliphatic heterocycles. The number of aromatic nitrogens is 2. The summed E-state index contributed by atoms with van der Waals surface area (Å²) in [6.07, 6.45) is 6.12. The Bertz CT molecular complexity index is 1520. The molecule has 1 fully saturated rings. The van der Waals surface area contributed by atoms with Gasteiger partial charge in [0.2, 0.25) is 15.9 Å². The summed E-state index contributed by atoms with van der Waals surface area (Å²) in [6.45, 7) is 8.74. The maximum Gasteiger partial charge on any atom is 0.255 e. The van der Waals surface area contributed by atoms with E-state index in [9.17, 15) is 13.2 Å². The summed E-state index contributed by atoms with van der Waals surface area (Å²) in [7, 11) is -2.20. The number of hydrogen-bond donors (Lipinski definition) is 2. The molecule has 2 aromatic carbocycles. The molecule has 0 radical (unpaired) electrons. The number of likely N-dealkylation sites (tertiary alicyclic amines) is 1. The number of benzene rings is 2. The van der Waals surface area contributed by atoms with Crippen molar-refractivity contribution >= 4 is 38.9 Å². The number of hydrogen-bond acceptors (Lipinski definition) is 8. The molecule has 4 rings (SSSR count). The van der Waals surface area contributed by atoms with E-state index in [2.05, 4.69) is 24.9 Å². The number of nitrogens with zero attached hydrogens (tertiary/aromatic N) is 3. The molecule has 1 saturated heterocycles. The fourth-order valence-corrected chi connectivity index (χ4v) is 5.25. The summed E-state index contributed by atoms with van der Waals surface area (Å²) < 4.78 is 38.0. The number of carbonyl (C=O) groups is 1. The Labute approximate surface area is 246 Å². The molecule has 12 heteroatoms. The van der Waals surface area contributed by atoms with E-state index in [1.807, 2.05) is 20.8 Å². The van der Waals surface area contributed by atoms with Crippen LogP contribution in [0.1, 0.15) is 61.6 Å². The van der Waals surface area contributed by atoms with Crippen LogP contribution < -0.4 is 19.5 Å². The summed E-state index contributed by atoms with van der Waals surface area (Å²) in [5, 5.41) is 3.16. The second kappa shape index (κ2) is 12.6. The van der Waals surface area contributed by atoms with Gasteiger partial charge in [0.15, 0.2) is 5.75 Å². The first-order valence-electron chi connectivity index (χ1n) is 13.3. The SMILES string of the molecule is COc1c(NC(=O)c2ccc(Cl)c(Oc3cc(CN4CCCCC4)ncn3)c2)cc(C(C)(C)C)cc1NS(C)(=O)=O. The number of amides is 1. The van der Waals surface area contributed by atoms with Gasteiger partial charge in [-0.05, 0) is 67.2 Å². The lowest BCUT2D eigenvalue weighted by Gasteiger charge is -2.25. The molecular formula is C29H36ClN5O5S. The van der Waals surface area contributed by atoms with Gasteiger partial charge in [-0.3, -0.25) is 14.4 Å². The van der Waals surface area contributed by atoms with Crippen molar-refractivity contribution in [1.82, 2.24) is 14.9 Å². The summed E-state index contributed by atoms with van der Waals surface area (Å²) in [6, 6.07) is 9.91. The van der Waals surface area contributed by atoms with Crippen molar-refractivity contribution in [1.29, 1.82) is 0 Å². The van der Waals surface area contributed by atoms with E-state index in [4.69, 9.17) is 21.1 Å². The maximum absolute atomic E-state index is 13.4. The Hall–Kier alpha value is -3.41. The van der Waals surface area contributed by atoms with Crippen molar-refractivity contribution in [3.05, 3.63) is 64.6 Å². The van der Waals surface area contributed by atoms with Gasteiger partial charge in [-0.2, -0.15) is 0 Å². The summed E-state index contributed by atoms with van der Waals surface area (Å²) in [5.41, 5.74) is 2.10. The third-order valence-electron chi connectivity index (χ3n) is 6.64. The predicted octanol–water partition coefficient (Wildman–Crippen LogP) is 5.84. The van der Waals surface area contributed by atoms with Crippen molar-refractivity contribution in [2.45, 2.75) is 52.0 Å². The monoisotopic (exact) mass is 601 g/mol. The number of sulfonamides is 1. The summed E-state index contributed by atoms with van der Waals surface area (Å²) in [5.74, 6) is 0.304. The molecule has 0 unspecified atom stereocenters. The van der Waals surface area contributed by atoms with E-state index in [0.717, 1.165) is 30.6 Å². The second-order valence-corrected chi connectivity index (χ2v) is 13.3. The molecule has 1 aliphatic rings. The molecule has 2 N–H and O–H groups in total. The van der Waals surface area contributed by atoms with Crippen LogP contribution in [-0.2, 0) is 22.0 Å². The molecule has 41 heavy (non-hydrogen) atoms. The molecule has 0 spiro atoms. The summed E-state index contributed by atoms with van der Waals surface area (Å²) in [4.78, 5) is 24.3. The lowest BCUT2D eigenvalue weighted by molar-refractivity contribution is 0.102. The number of carbonyl (C=O) groups excluding carboxylic acids is 1. The zero-order valence-electron chi connectivity index (χ0n) is 24.0. The topological polar surface area (TPSA) is 123 Å². The maximum atomic E-state index is 13.4. The molecule has 0 saturated carbocycles. The average molecular weight is 602 g/mol. The van der Waals surface area contributed by atoms with Crippen LogP contribution in [0.5, 0.6) is 17.4 Å². The lowest BCUT2D eigenvalue weighted by Crippen LogP contribution is -2.29. The first-order chi connectivity index (χ1) is 19.3. The van der Waals surface area contributed by atoms with E-state index >= 15 is 0 Å². The number of ether oxygens (including phenoxy) is 2. The minimum absolute atomic E-state index is 0.185. The third-order valence-corrected chi connectivity index (χ3v) is 7.55. The zero-order valence-corrected chi connectivity index (χ0v) is 25.5. The van der Waals surface area contributed by atoms with Gasteiger partial charge in [-0.1, -0.05) is 38.8 Å². The van der Waals surface area contributed by atoms with Crippen LogP contribution in [0, 0.1) is 0 Å². The van der Waals surface area contributed by atoms with Crippen LogP contribution in [-0.4, -0.2) is 55.6 Å². The molecule has 1 aromatic heterocycles. The Morgan fingerprint density at radius 3 is 2.41 bits per heavy atom. The van der Waals surface area contributed by atoms with Gasteiger partial charge in [-0.15, -0.1) is 0 Å². The molecule has 0 atom stereocenters. The quantitative estimate of drug-likeness (QED) is 0.314. The minimum atomic E-state index is -3.61. The zero-order chi connectivity index (χ0) is 29.8. The molecule has 220 valence electrons.